The van der Waals surface area contributed by atoms with Crippen molar-refractivity contribution >= 4 is 0 Å². The van der Waals surface area contributed by atoms with Crippen LogP contribution in [-0.2, 0) is 9.78 Å². The van der Waals surface area contributed by atoms with E-state index in [1.165, 1.54) is 12.8 Å². The van der Waals surface area contributed by atoms with E-state index in [0.29, 0.717) is 12.0 Å². The van der Waals surface area contributed by atoms with Gasteiger partial charge in [0, 0.05) is 5.41 Å². The Kier molecular flexibility index (Phi) is 3.39. The Bertz CT molecular complexity index is 335. The molecule has 1 aliphatic carbocycles. The lowest BCUT2D eigenvalue weighted by atomic mass is 9.46. The molecule has 3 unspecified atom stereocenters. The minimum atomic E-state index is -0.115. The SMILES string of the molecule is CC(C)(C)C(C(C)(C)C)C1(C)CCCC2OOC21C. The molecule has 112 valence electrons. The summed E-state index contributed by atoms with van der Waals surface area (Å²) in [5.41, 5.74) is 0.578. The van der Waals surface area contributed by atoms with Crippen molar-refractivity contribution in [1.82, 2.24) is 0 Å². The van der Waals surface area contributed by atoms with Crippen LogP contribution in [0.25, 0.3) is 0 Å². The molecule has 2 fully saturated rings. The third-order valence-electron chi connectivity index (χ3n) is 5.62. The Morgan fingerprint density at radius 3 is 1.89 bits per heavy atom. The molecule has 2 heteroatoms. The van der Waals surface area contributed by atoms with Gasteiger partial charge in [0.25, 0.3) is 0 Å². The molecular formula is C17H32O2. The largest absolute Gasteiger partial charge is 0.229 e. The second-order valence-corrected chi connectivity index (χ2v) is 9.25. The summed E-state index contributed by atoms with van der Waals surface area (Å²) < 4.78 is 0. The van der Waals surface area contributed by atoms with Gasteiger partial charge in [0.05, 0.1) is 0 Å². The Balaban J connectivity index is 2.45. The Labute approximate surface area is 119 Å². The molecule has 0 bridgehead atoms. The lowest BCUT2D eigenvalue weighted by molar-refractivity contribution is -0.541. The molecule has 0 amide bonds. The van der Waals surface area contributed by atoms with Crippen LogP contribution < -0.4 is 0 Å². The molecule has 0 aromatic heterocycles. The van der Waals surface area contributed by atoms with Crippen LogP contribution >= 0.6 is 0 Å². The molecule has 3 atom stereocenters. The first-order valence-corrected chi connectivity index (χ1v) is 7.77. The van der Waals surface area contributed by atoms with Crippen molar-refractivity contribution in [2.24, 2.45) is 22.2 Å². The van der Waals surface area contributed by atoms with Crippen molar-refractivity contribution in [2.45, 2.75) is 86.4 Å². The molecule has 19 heavy (non-hydrogen) atoms. The molecule has 0 radical (unpaired) electrons. The molecule has 2 aliphatic rings. The smallest absolute Gasteiger partial charge is 0.135 e. The van der Waals surface area contributed by atoms with Gasteiger partial charge in [0.1, 0.15) is 11.7 Å². The summed E-state index contributed by atoms with van der Waals surface area (Å²) in [6.07, 6.45) is 3.93. The highest BCUT2D eigenvalue weighted by atomic mass is 17.3. The predicted molar refractivity (Wildman–Crippen MR) is 78.7 cm³/mol. The van der Waals surface area contributed by atoms with Crippen LogP contribution in [0, 0.1) is 22.2 Å². The standard InChI is InChI=1S/C17H32O2/c1-14(2,3)13(15(4,5)6)16(7)11-9-10-12-17(16,8)19-18-12/h12-13H,9-11H2,1-8H3. The van der Waals surface area contributed by atoms with E-state index in [4.69, 9.17) is 9.78 Å². The van der Waals surface area contributed by atoms with E-state index in [1.54, 1.807) is 0 Å². The van der Waals surface area contributed by atoms with E-state index in [2.05, 4.69) is 55.4 Å². The average molecular weight is 268 g/mol. The third-order valence-corrected chi connectivity index (χ3v) is 5.62. The second-order valence-electron chi connectivity index (χ2n) is 9.25. The minimum absolute atomic E-state index is 0.115. The summed E-state index contributed by atoms with van der Waals surface area (Å²) in [6.45, 7) is 19.0. The zero-order chi connectivity index (χ0) is 14.7. The first-order valence-electron chi connectivity index (χ1n) is 7.77. The fraction of sp³-hybridized carbons (Fsp3) is 1.00. The van der Waals surface area contributed by atoms with E-state index in [0.717, 1.165) is 6.42 Å². The summed E-state index contributed by atoms with van der Waals surface area (Å²) >= 11 is 0. The number of hydrogen-bond donors (Lipinski definition) is 0. The van der Waals surface area contributed by atoms with Gasteiger partial charge in [-0.1, -0.05) is 48.5 Å². The molecule has 0 spiro atoms. The lowest BCUT2D eigenvalue weighted by Gasteiger charge is -2.65. The zero-order valence-corrected chi connectivity index (χ0v) is 14.1. The van der Waals surface area contributed by atoms with Crippen LogP contribution in [0.1, 0.15) is 74.7 Å². The van der Waals surface area contributed by atoms with Gasteiger partial charge in [-0.15, -0.1) is 0 Å². The highest BCUT2D eigenvalue weighted by Crippen LogP contribution is 2.63. The summed E-state index contributed by atoms with van der Waals surface area (Å²) in [7, 11) is 0. The number of hydrogen-bond acceptors (Lipinski definition) is 2. The van der Waals surface area contributed by atoms with Crippen molar-refractivity contribution < 1.29 is 9.78 Å². The molecular weight excluding hydrogens is 236 g/mol. The van der Waals surface area contributed by atoms with Gasteiger partial charge in [-0.05, 0) is 42.9 Å². The van der Waals surface area contributed by atoms with Crippen LogP contribution in [0.5, 0.6) is 0 Å². The monoisotopic (exact) mass is 268 g/mol. The minimum Gasteiger partial charge on any atom is -0.229 e. The summed E-state index contributed by atoms with van der Waals surface area (Å²) in [5, 5.41) is 0. The molecule has 1 saturated heterocycles. The number of rotatable bonds is 1. The average Bonchev–Trinajstić information content (AvgIpc) is 2.15. The normalized spacial score (nSPS) is 39.9. The molecule has 0 aromatic carbocycles. The first-order chi connectivity index (χ1) is 8.43. The lowest BCUT2D eigenvalue weighted by Crippen LogP contribution is -2.70. The van der Waals surface area contributed by atoms with Gasteiger partial charge >= 0.3 is 0 Å². The van der Waals surface area contributed by atoms with Crippen molar-refractivity contribution in [1.29, 1.82) is 0 Å². The molecule has 2 nitrogen and oxygen atoms in total. The Hall–Kier alpha value is -0.0800. The van der Waals surface area contributed by atoms with Crippen molar-refractivity contribution in [3.63, 3.8) is 0 Å². The molecule has 0 aromatic rings. The third kappa shape index (κ3) is 2.15. The van der Waals surface area contributed by atoms with Crippen molar-refractivity contribution in [3.05, 3.63) is 0 Å². The van der Waals surface area contributed by atoms with Crippen molar-refractivity contribution in [2.75, 3.05) is 0 Å². The van der Waals surface area contributed by atoms with E-state index in [9.17, 15) is 0 Å². The van der Waals surface area contributed by atoms with Crippen LogP contribution in [0.2, 0.25) is 0 Å². The maximum absolute atomic E-state index is 5.71. The quantitative estimate of drug-likeness (QED) is 0.625. The van der Waals surface area contributed by atoms with Gasteiger partial charge < -0.3 is 0 Å². The van der Waals surface area contributed by atoms with Crippen LogP contribution in [0.3, 0.4) is 0 Å². The molecule has 0 N–H and O–H groups in total. The predicted octanol–water partition coefficient (Wildman–Crippen LogP) is 4.97. The zero-order valence-electron chi connectivity index (χ0n) is 14.1. The molecule has 2 rings (SSSR count). The first kappa shape index (κ1) is 15.3. The highest BCUT2D eigenvalue weighted by molar-refractivity contribution is 5.11. The van der Waals surface area contributed by atoms with Gasteiger partial charge in [-0.2, -0.15) is 0 Å². The molecule has 1 heterocycles. The van der Waals surface area contributed by atoms with Crippen LogP contribution in [0.4, 0.5) is 0 Å². The van der Waals surface area contributed by atoms with Gasteiger partial charge in [0.2, 0.25) is 0 Å². The van der Waals surface area contributed by atoms with E-state index in [1.807, 2.05) is 0 Å². The van der Waals surface area contributed by atoms with Crippen molar-refractivity contribution in [3.8, 4) is 0 Å². The summed E-state index contributed by atoms with van der Waals surface area (Å²) in [5.74, 6) is 0.587. The summed E-state index contributed by atoms with van der Waals surface area (Å²) in [4.78, 5) is 11.1. The molecule has 1 aliphatic heterocycles. The second kappa shape index (κ2) is 4.21. The van der Waals surface area contributed by atoms with E-state index in [-0.39, 0.29) is 21.8 Å². The molecule has 1 saturated carbocycles. The highest BCUT2D eigenvalue weighted by Gasteiger charge is 2.66. The maximum atomic E-state index is 5.71. The Morgan fingerprint density at radius 2 is 1.53 bits per heavy atom. The Morgan fingerprint density at radius 1 is 1.00 bits per heavy atom. The van der Waals surface area contributed by atoms with Gasteiger partial charge in [-0.25, -0.2) is 9.78 Å². The topological polar surface area (TPSA) is 18.5 Å². The maximum Gasteiger partial charge on any atom is 0.135 e. The fourth-order valence-corrected chi connectivity index (χ4v) is 5.59. The van der Waals surface area contributed by atoms with Crippen LogP contribution in [0.15, 0.2) is 0 Å². The van der Waals surface area contributed by atoms with Gasteiger partial charge in [0.15, 0.2) is 0 Å². The van der Waals surface area contributed by atoms with E-state index >= 15 is 0 Å². The fourth-order valence-electron chi connectivity index (χ4n) is 5.59. The summed E-state index contributed by atoms with van der Waals surface area (Å²) in [6, 6.07) is 0. The number of fused-ring (bicyclic) bond motifs is 1. The van der Waals surface area contributed by atoms with Gasteiger partial charge in [-0.3, -0.25) is 0 Å². The van der Waals surface area contributed by atoms with E-state index < -0.39 is 0 Å². The van der Waals surface area contributed by atoms with Crippen LogP contribution in [-0.4, -0.2) is 11.7 Å².